The molecule has 1 N–H and O–H groups in total. The zero-order valence-corrected chi connectivity index (χ0v) is 17.7. The van der Waals surface area contributed by atoms with Crippen LogP contribution in [0.2, 0.25) is 0 Å². The molecule has 0 aliphatic carbocycles. The van der Waals surface area contributed by atoms with Crippen LogP contribution in [0, 0.1) is 5.92 Å². The quantitative estimate of drug-likeness (QED) is 0.674. The van der Waals surface area contributed by atoms with E-state index >= 15 is 0 Å². The number of amides is 1. The molecule has 1 aromatic carbocycles. The largest absolute Gasteiger partial charge is 0.337 e. The number of hydrogen-bond acceptors (Lipinski definition) is 6. The zero-order chi connectivity index (χ0) is 21.1. The van der Waals surface area contributed by atoms with Gasteiger partial charge in [-0.15, -0.1) is 0 Å². The molecule has 2 aromatic heterocycles. The average Bonchev–Trinajstić information content (AvgIpc) is 3.43. The highest BCUT2D eigenvalue weighted by atomic mass is 16.5. The number of carbonyl (C=O) groups is 1. The van der Waals surface area contributed by atoms with E-state index in [0.717, 1.165) is 30.8 Å². The number of rotatable bonds is 6. The summed E-state index contributed by atoms with van der Waals surface area (Å²) in [4.78, 5) is 21.5. The fourth-order valence-corrected chi connectivity index (χ4v) is 3.76. The van der Waals surface area contributed by atoms with Crippen molar-refractivity contribution in [3.05, 3.63) is 53.7 Å². The highest BCUT2D eigenvalue weighted by Crippen LogP contribution is 2.23. The standard InChI is InChI=1S/C22H28N6O2/c1-15(2)13-18-14-19(25-24-18)22(29)28-11-9-27(10-12-28)16(3)21-23-20(26-30-21)17-7-5-4-6-8-17/h4-8,14-16H,9-13H2,1-3H3,(H,24,25). The lowest BCUT2D eigenvalue weighted by molar-refractivity contribution is 0.0546. The summed E-state index contributed by atoms with van der Waals surface area (Å²) in [5.74, 6) is 1.70. The smallest absolute Gasteiger partial charge is 0.274 e. The van der Waals surface area contributed by atoms with Crippen LogP contribution < -0.4 is 0 Å². The van der Waals surface area contributed by atoms with Gasteiger partial charge in [-0.3, -0.25) is 14.8 Å². The van der Waals surface area contributed by atoms with Gasteiger partial charge in [0.25, 0.3) is 5.91 Å². The zero-order valence-electron chi connectivity index (χ0n) is 17.7. The lowest BCUT2D eigenvalue weighted by atomic mass is 10.1. The first kappa shape index (κ1) is 20.3. The van der Waals surface area contributed by atoms with Gasteiger partial charge in [0.05, 0.1) is 6.04 Å². The van der Waals surface area contributed by atoms with Gasteiger partial charge in [-0.2, -0.15) is 10.1 Å². The van der Waals surface area contributed by atoms with Crippen LogP contribution in [0.3, 0.4) is 0 Å². The SMILES string of the molecule is CC(C)Cc1cc(C(=O)N2CCN(C(C)c3nc(-c4ccccc4)no3)CC2)n[nH]1. The number of carbonyl (C=O) groups excluding carboxylic acids is 1. The van der Waals surface area contributed by atoms with Crippen molar-refractivity contribution in [1.82, 2.24) is 30.1 Å². The summed E-state index contributed by atoms with van der Waals surface area (Å²) in [5, 5.41) is 11.3. The van der Waals surface area contributed by atoms with Crippen LogP contribution in [-0.4, -0.2) is 62.2 Å². The molecule has 1 fully saturated rings. The summed E-state index contributed by atoms with van der Waals surface area (Å²) in [7, 11) is 0. The van der Waals surface area contributed by atoms with Crippen molar-refractivity contribution in [3.8, 4) is 11.4 Å². The summed E-state index contributed by atoms with van der Waals surface area (Å²) in [6.07, 6.45) is 0.890. The summed E-state index contributed by atoms with van der Waals surface area (Å²) >= 11 is 0. The highest BCUT2D eigenvalue weighted by Gasteiger charge is 2.29. The van der Waals surface area contributed by atoms with E-state index in [-0.39, 0.29) is 11.9 Å². The molecule has 1 unspecified atom stereocenters. The number of benzene rings is 1. The number of aromatic amines is 1. The van der Waals surface area contributed by atoms with Gasteiger partial charge in [0.2, 0.25) is 11.7 Å². The molecule has 1 aliphatic rings. The molecule has 158 valence electrons. The van der Waals surface area contributed by atoms with Crippen molar-refractivity contribution in [2.45, 2.75) is 33.2 Å². The first-order chi connectivity index (χ1) is 14.5. The van der Waals surface area contributed by atoms with Crippen LogP contribution in [-0.2, 0) is 6.42 Å². The molecule has 1 saturated heterocycles. The second kappa shape index (κ2) is 8.79. The predicted octanol–water partition coefficient (Wildman–Crippen LogP) is 3.18. The van der Waals surface area contributed by atoms with Crippen LogP contribution in [0.25, 0.3) is 11.4 Å². The van der Waals surface area contributed by atoms with E-state index < -0.39 is 0 Å². The second-order valence-corrected chi connectivity index (χ2v) is 8.20. The number of nitrogens with one attached hydrogen (secondary N) is 1. The number of piperazine rings is 1. The Bertz CT molecular complexity index is 972. The molecule has 0 radical (unpaired) electrons. The Morgan fingerprint density at radius 2 is 1.87 bits per heavy atom. The van der Waals surface area contributed by atoms with Crippen LogP contribution in [0.4, 0.5) is 0 Å². The Hall–Kier alpha value is -3.00. The molecular weight excluding hydrogens is 380 g/mol. The van der Waals surface area contributed by atoms with Crippen molar-refractivity contribution in [1.29, 1.82) is 0 Å². The Morgan fingerprint density at radius 3 is 2.57 bits per heavy atom. The Balaban J connectivity index is 1.34. The maximum absolute atomic E-state index is 12.8. The van der Waals surface area contributed by atoms with Crippen LogP contribution >= 0.6 is 0 Å². The highest BCUT2D eigenvalue weighted by molar-refractivity contribution is 5.92. The third kappa shape index (κ3) is 4.43. The summed E-state index contributed by atoms with van der Waals surface area (Å²) in [6.45, 7) is 9.15. The van der Waals surface area contributed by atoms with Crippen molar-refractivity contribution < 1.29 is 9.32 Å². The maximum Gasteiger partial charge on any atom is 0.274 e. The Kier molecular flexibility index (Phi) is 5.94. The molecule has 0 spiro atoms. The van der Waals surface area contributed by atoms with E-state index in [1.54, 1.807) is 0 Å². The third-order valence-corrected chi connectivity index (χ3v) is 5.46. The second-order valence-electron chi connectivity index (χ2n) is 8.20. The predicted molar refractivity (Wildman–Crippen MR) is 113 cm³/mol. The minimum absolute atomic E-state index is 0.00441. The molecule has 4 rings (SSSR count). The first-order valence-corrected chi connectivity index (χ1v) is 10.5. The maximum atomic E-state index is 12.8. The Morgan fingerprint density at radius 1 is 1.13 bits per heavy atom. The topological polar surface area (TPSA) is 91.2 Å². The molecular formula is C22H28N6O2. The van der Waals surface area contributed by atoms with E-state index in [1.165, 1.54) is 0 Å². The van der Waals surface area contributed by atoms with Crippen molar-refractivity contribution >= 4 is 5.91 Å². The van der Waals surface area contributed by atoms with Crippen LogP contribution in [0.15, 0.2) is 40.9 Å². The van der Waals surface area contributed by atoms with Crippen molar-refractivity contribution in [2.24, 2.45) is 5.92 Å². The minimum atomic E-state index is -0.0160. The molecule has 1 amide bonds. The summed E-state index contributed by atoms with van der Waals surface area (Å²) < 4.78 is 5.51. The van der Waals surface area contributed by atoms with Crippen LogP contribution in [0.5, 0.6) is 0 Å². The van der Waals surface area contributed by atoms with Gasteiger partial charge in [-0.05, 0) is 25.3 Å². The molecule has 0 saturated carbocycles. The van der Waals surface area contributed by atoms with E-state index in [0.29, 0.717) is 36.4 Å². The number of hydrogen-bond donors (Lipinski definition) is 1. The van der Waals surface area contributed by atoms with Gasteiger partial charge in [-0.25, -0.2) is 0 Å². The number of aromatic nitrogens is 4. The first-order valence-electron chi connectivity index (χ1n) is 10.5. The molecule has 8 heteroatoms. The van der Waals surface area contributed by atoms with Gasteiger partial charge in [0.1, 0.15) is 5.69 Å². The third-order valence-electron chi connectivity index (χ3n) is 5.46. The fourth-order valence-electron chi connectivity index (χ4n) is 3.76. The number of H-pyrrole nitrogens is 1. The minimum Gasteiger partial charge on any atom is -0.337 e. The van der Waals surface area contributed by atoms with Gasteiger partial charge < -0.3 is 9.42 Å². The van der Waals surface area contributed by atoms with Gasteiger partial charge in [-0.1, -0.05) is 49.3 Å². The summed E-state index contributed by atoms with van der Waals surface area (Å²) in [6, 6.07) is 11.7. The molecule has 3 heterocycles. The molecule has 8 nitrogen and oxygen atoms in total. The molecule has 0 bridgehead atoms. The monoisotopic (exact) mass is 408 g/mol. The molecule has 3 aromatic rings. The summed E-state index contributed by atoms with van der Waals surface area (Å²) in [5.41, 5.74) is 2.44. The van der Waals surface area contributed by atoms with Crippen LogP contribution in [0.1, 0.15) is 48.9 Å². The molecule has 1 aliphatic heterocycles. The van der Waals surface area contributed by atoms with Crippen molar-refractivity contribution in [3.63, 3.8) is 0 Å². The molecule has 30 heavy (non-hydrogen) atoms. The van der Waals surface area contributed by atoms with E-state index in [4.69, 9.17) is 4.52 Å². The van der Waals surface area contributed by atoms with Gasteiger partial charge >= 0.3 is 0 Å². The normalized spacial score (nSPS) is 16.2. The average molecular weight is 409 g/mol. The fraction of sp³-hybridized carbons (Fsp3) is 0.455. The van der Waals surface area contributed by atoms with Crippen molar-refractivity contribution in [2.75, 3.05) is 26.2 Å². The Labute approximate surface area is 176 Å². The molecule has 1 atom stereocenters. The van der Waals surface area contributed by atoms with E-state index in [9.17, 15) is 4.79 Å². The lowest BCUT2D eigenvalue weighted by Gasteiger charge is -2.36. The van der Waals surface area contributed by atoms with Gasteiger partial charge in [0.15, 0.2) is 0 Å². The van der Waals surface area contributed by atoms with E-state index in [2.05, 4.69) is 46.0 Å². The number of nitrogens with zero attached hydrogens (tertiary/aromatic N) is 5. The van der Waals surface area contributed by atoms with Gasteiger partial charge in [0, 0.05) is 37.4 Å². The van der Waals surface area contributed by atoms with E-state index in [1.807, 2.05) is 41.3 Å². The lowest BCUT2D eigenvalue weighted by Crippen LogP contribution is -2.49.